The number of benzene rings is 1. The Bertz CT molecular complexity index is 690. The molecule has 2 rings (SSSR count). The van der Waals surface area contributed by atoms with E-state index in [4.69, 9.17) is 11.1 Å². The molecule has 0 radical (unpaired) electrons. The summed E-state index contributed by atoms with van der Waals surface area (Å²) in [5.41, 5.74) is 18.6. The Morgan fingerprint density at radius 1 is 1.00 bits per heavy atom. The average Bonchev–Trinajstić information content (AvgIpc) is 3.09. The average molecular weight is 326 g/mol. The van der Waals surface area contributed by atoms with Gasteiger partial charge < -0.3 is 4.90 Å². The van der Waals surface area contributed by atoms with Gasteiger partial charge >= 0.3 is 0 Å². The van der Waals surface area contributed by atoms with E-state index in [1.165, 1.54) is 0 Å². The van der Waals surface area contributed by atoms with E-state index in [1.54, 1.807) is 4.68 Å². The van der Waals surface area contributed by atoms with E-state index >= 15 is 0 Å². The Morgan fingerprint density at radius 2 is 1.67 bits per heavy atom. The first-order valence-corrected chi connectivity index (χ1v) is 7.53. The Balaban J connectivity index is 1.91. The van der Waals surface area contributed by atoms with Gasteiger partial charge in [-0.1, -0.05) is 45.8 Å². The monoisotopic (exact) mass is 326 g/mol. The lowest BCUT2D eigenvalue weighted by atomic mass is 10.2. The highest BCUT2D eigenvalue weighted by atomic mass is 15.4. The lowest BCUT2D eigenvalue weighted by molar-refractivity contribution is 0.271. The molecule has 2 aromatic rings. The van der Waals surface area contributed by atoms with Crippen LogP contribution in [0.25, 0.3) is 32.1 Å². The van der Waals surface area contributed by atoms with Crippen LogP contribution in [0.2, 0.25) is 0 Å². The van der Waals surface area contributed by atoms with Crippen molar-refractivity contribution in [2.75, 3.05) is 32.7 Å². The molecule has 0 amide bonds. The van der Waals surface area contributed by atoms with Crippen LogP contribution in [-0.2, 0) is 6.54 Å². The van der Waals surface area contributed by atoms with Crippen molar-refractivity contribution in [3.05, 3.63) is 57.4 Å². The predicted molar refractivity (Wildman–Crippen MR) is 89.9 cm³/mol. The van der Waals surface area contributed by atoms with Crippen LogP contribution in [0.3, 0.4) is 0 Å². The van der Waals surface area contributed by atoms with Crippen molar-refractivity contribution in [3.8, 4) is 11.3 Å². The zero-order valence-corrected chi connectivity index (χ0v) is 13.2. The van der Waals surface area contributed by atoms with E-state index in [1.807, 2.05) is 36.5 Å². The second-order valence-corrected chi connectivity index (χ2v) is 4.98. The van der Waals surface area contributed by atoms with Crippen molar-refractivity contribution in [1.82, 2.24) is 19.9 Å². The summed E-state index contributed by atoms with van der Waals surface area (Å²) in [4.78, 5) is 7.56. The number of nitrogens with zero attached hydrogens (tertiary/aromatic N) is 10. The van der Waals surface area contributed by atoms with Crippen LogP contribution in [0.1, 0.15) is 0 Å². The third-order valence-corrected chi connectivity index (χ3v) is 3.41. The van der Waals surface area contributed by atoms with Crippen molar-refractivity contribution in [2.45, 2.75) is 6.54 Å². The molecule has 0 aliphatic rings. The van der Waals surface area contributed by atoms with Crippen LogP contribution in [-0.4, -0.2) is 52.6 Å². The van der Waals surface area contributed by atoms with Crippen molar-refractivity contribution < 1.29 is 0 Å². The lowest BCUT2D eigenvalue weighted by Crippen LogP contribution is -2.32. The van der Waals surface area contributed by atoms with E-state index in [0.29, 0.717) is 39.3 Å². The largest absolute Gasteiger partial charge is 0.301 e. The summed E-state index contributed by atoms with van der Waals surface area (Å²) >= 11 is 0. The Hall–Kier alpha value is -3.06. The Kier molecular flexibility index (Phi) is 7.10. The maximum Gasteiger partial charge on any atom is 0.113 e. The summed E-state index contributed by atoms with van der Waals surface area (Å²) in [6.45, 7) is 3.29. The highest BCUT2D eigenvalue weighted by molar-refractivity contribution is 5.57. The first kappa shape index (κ1) is 17.3. The van der Waals surface area contributed by atoms with Gasteiger partial charge in [0.1, 0.15) is 5.69 Å². The van der Waals surface area contributed by atoms with Crippen LogP contribution in [0.15, 0.2) is 46.8 Å². The molecule has 124 valence electrons. The van der Waals surface area contributed by atoms with Crippen molar-refractivity contribution in [1.29, 1.82) is 0 Å². The second kappa shape index (κ2) is 9.86. The Labute approximate surface area is 139 Å². The first-order chi connectivity index (χ1) is 11.8. The SMILES string of the molecule is [N-]=[N+]=NCCN(CCN=[N+]=[N-])CCn1cc(-c2ccccc2)nn1. The van der Waals surface area contributed by atoms with Gasteiger partial charge in [0.2, 0.25) is 0 Å². The zero-order chi connectivity index (χ0) is 17.0. The van der Waals surface area contributed by atoms with Gasteiger partial charge in [0.05, 0.1) is 12.7 Å². The van der Waals surface area contributed by atoms with Crippen molar-refractivity contribution in [2.24, 2.45) is 10.2 Å². The van der Waals surface area contributed by atoms with Crippen LogP contribution in [0.5, 0.6) is 0 Å². The van der Waals surface area contributed by atoms with E-state index in [9.17, 15) is 0 Å². The molecular weight excluding hydrogens is 308 g/mol. The van der Waals surface area contributed by atoms with E-state index in [0.717, 1.165) is 11.3 Å². The molecule has 0 atom stereocenters. The van der Waals surface area contributed by atoms with Gasteiger partial charge in [-0.2, -0.15) is 0 Å². The minimum absolute atomic E-state index is 0.374. The third-order valence-electron chi connectivity index (χ3n) is 3.41. The summed E-state index contributed by atoms with van der Waals surface area (Å²) < 4.78 is 1.77. The second-order valence-electron chi connectivity index (χ2n) is 4.98. The molecule has 10 heteroatoms. The summed E-state index contributed by atoms with van der Waals surface area (Å²) in [6.07, 6.45) is 1.90. The van der Waals surface area contributed by atoms with Gasteiger partial charge in [-0.25, -0.2) is 0 Å². The highest BCUT2D eigenvalue weighted by Crippen LogP contribution is 2.14. The minimum Gasteiger partial charge on any atom is -0.301 e. The molecule has 10 nitrogen and oxygen atoms in total. The van der Waals surface area contributed by atoms with E-state index in [-0.39, 0.29) is 0 Å². The fourth-order valence-corrected chi connectivity index (χ4v) is 2.19. The van der Waals surface area contributed by atoms with Crippen LogP contribution in [0.4, 0.5) is 0 Å². The number of azide groups is 2. The summed E-state index contributed by atoms with van der Waals surface area (Å²) in [7, 11) is 0. The Morgan fingerprint density at radius 3 is 2.29 bits per heavy atom. The molecule has 0 aliphatic heterocycles. The predicted octanol–water partition coefficient (Wildman–Crippen LogP) is 2.87. The van der Waals surface area contributed by atoms with E-state index in [2.05, 4.69) is 35.3 Å². The van der Waals surface area contributed by atoms with Crippen LogP contribution < -0.4 is 0 Å². The van der Waals surface area contributed by atoms with Gasteiger partial charge in [0.15, 0.2) is 0 Å². The molecule has 0 fully saturated rings. The number of hydrogen-bond acceptors (Lipinski definition) is 5. The van der Waals surface area contributed by atoms with E-state index < -0.39 is 0 Å². The van der Waals surface area contributed by atoms with Gasteiger partial charge in [0, 0.05) is 48.1 Å². The maximum atomic E-state index is 8.36. The van der Waals surface area contributed by atoms with Crippen molar-refractivity contribution in [3.63, 3.8) is 0 Å². The standard InChI is InChI=1S/C14H18N10/c15-20-17-6-8-23(9-7-18-21-16)10-11-24-12-14(19-22-24)13-4-2-1-3-5-13/h1-5,12H,6-11H2. The number of rotatable bonds is 10. The molecule has 1 aromatic heterocycles. The minimum atomic E-state index is 0.374. The van der Waals surface area contributed by atoms with Gasteiger partial charge in [-0.15, -0.1) is 5.10 Å². The van der Waals surface area contributed by atoms with Crippen LogP contribution >= 0.6 is 0 Å². The third kappa shape index (κ3) is 5.62. The molecule has 0 saturated heterocycles. The highest BCUT2D eigenvalue weighted by Gasteiger charge is 2.07. The molecule has 0 unspecified atom stereocenters. The molecule has 0 saturated carbocycles. The zero-order valence-electron chi connectivity index (χ0n) is 13.2. The fraction of sp³-hybridized carbons (Fsp3) is 0.429. The smallest absolute Gasteiger partial charge is 0.113 e. The molecule has 24 heavy (non-hydrogen) atoms. The summed E-state index contributed by atoms with van der Waals surface area (Å²) in [5.74, 6) is 0. The normalized spacial score (nSPS) is 10.2. The molecular formula is C14H18N10. The maximum absolute atomic E-state index is 8.36. The number of aromatic nitrogens is 3. The molecule has 0 bridgehead atoms. The lowest BCUT2D eigenvalue weighted by Gasteiger charge is -2.20. The summed E-state index contributed by atoms with van der Waals surface area (Å²) in [6, 6.07) is 9.85. The van der Waals surface area contributed by atoms with Gasteiger partial charge in [-0.05, 0) is 11.1 Å². The van der Waals surface area contributed by atoms with Gasteiger partial charge in [-0.3, -0.25) is 4.68 Å². The molecule has 0 N–H and O–H groups in total. The number of hydrogen-bond donors (Lipinski definition) is 0. The van der Waals surface area contributed by atoms with Crippen LogP contribution in [0, 0.1) is 0 Å². The molecule has 0 spiro atoms. The molecule has 0 aliphatic carbocycles. The summed E-state index contributed by atoms with van der Waals surface area (Å²) in [5, 5.41) is 15.4. The first-order valence-electron chi connectivity index (χ1n) is 7.53. The van der Waals surface area contributed by atoms with Gasteiger partial charge in [0.25, 0.3) is 0 Å². The fourth-order valence-electron chi connectivity index (χ4n) is 2.19. The quantitative estimate of drug-likeness (QED) is 0.377. The molecule has 1 aromatic carbocycles. The topological polar surface area (TPSA) is 131 Å². The molecule has 1 heterocycles. The van der Waals surface area contributed by atoms with Crippen molar-refractivity contribution >= 4 is 0 Å².